The highest BCUT2D eigenvalue weighted by Gasteiger charge is 2.20. The minimum absolute atomic E-state index is 0.136. The Balaban J connectivity index is 4.63. The van der Waals surface area contributed by atoms with Gasteiger partial charge in [0.05, 0.1) is 19.3 Å². The van der Waals surface area contributed by atoms with Gasteiger partial charge in [0.15, 0.2) is 0 Å². The average molecular weight is 244 g/mol. The Morgan fingerprint density at radius 3 is 2.38 bits per heavy atom. The van der Waals surface area contributed by atoms with Crippen LogP contribution in [0, 0.1) is 0 Å². The first-order valence-corrected chi connectivity index (χ1v) is 8.58. The fraction of sp³-hybridized carbons (Fsp3) is 0.545. The number of hydrogen-bond acceptors (Lipinski definition) is 3. The maximum absolute atomic E-state index is 10.7. The zero-order chi connectivity index (χ0) is 12.8. The van der Waals surface area contributed by atoms with Crippen LogP contribution in [0.2, 0.25) is 19.6 Å². The van der Waals surface area contributed by atoms with E-state index in [4.69, 9.17) is 14.3 Å². The number of hydrogen-bond donors (Lipinski definition) is 1. The van der Waals surface area contributed by atoms with Crippen molar-refractivity contribution < 1.29 is 19.1 Å². The van der Waals surface area contributed by atoms with E-state index in [0.717, 1.165) is 0 Å². The lowest BCUT2D eigenvalue weighted by atomic mass is 10.2. The first-order valence-electron chi connectivity index (χ1n) is 5.17. The maximum atomic E-state index is 10.7. The van der Waals surface area contributed by atoms with Crippen LogP contribution in [0.5, 0.6) is 0 Å². The van der Waals surface area contributed by atoms with E-state index < -0.39 is 14.3 Å². The van der Waals surface area contributed by atoms with Crippen LogP contribution in [0.1, 0.15) is 13.3 Å². The molecule has 0 spiro atoms. The van der Waals surface area contributed by atoms with Gasteiger partial charge in [-0.25, -0.2) is 0 Å². The molecule has 1 N–H and O–H groups in total. The zero-order valence-electron chi connectivity index (χ0n) is 10.4. The second kappa shape index (κ2) is 6.37. The Morgan fingerprint density at radius 2 is 2.00 bits per heavy atom. The Kier molecular flexibility index (Phi) is 5.88. The minimum Gasteiger partial charge on any atom is -0.544 e. The van der Waals surface area contributed by atoms with Crippen molar-refractivity contribution in [1.82, 2.24) is 0 Å². The Bertz CT molecular complexity index is 289. The van der Waals surface area contributed by atoms with Crippen molar-refractivity contribution in [2.75, 3.05) is 6.61 Å². The molecule has 92 valence electrons. The van der Waals surface area contributed by atoms with E-state index in [1.54, 1.807) is 0 Å². The highest BCUT2D eigenvalue weighted by atomic mass is 28.4. The summed E-state index contributed by atoms with van der Waals surface area (Å²) in [6.45, 7) is 12.1. The Hall–Kier alpha value is -1.23. The van der Waals surface area contributed by atoms with Crippen LogP contribution in [-0.4, -0.2) is 26.0 Å². The van der Waals surface area contributed by atoms with E-state index in [1.807, 2.05) is 26.6 Å². The largest absolute Gasteiger partial charge is 0.544 e. The van der Waals surface area contributed by atoms with Crippen molar-refractivity contribution in [3.05, 3.63) is 24.2 Å². The molecule has 0 aromatic heterocycles. The molecule has 0 aliphatic carbocycles. The fourth-order valence-electron chi connectivity index (χ4n) is 0.988. The van der Waals surface area contributed by atoms with Crippen molar-refractivity contribution in [3.63, 3.8) is 0 Å². The first kappa shape index (κ1) is 14.8. The molecule has 5 heteroatoms. The monoisotopic (exact) mass is 244 g/mol. The van der Waals surface area contributed by atoms with Crippen LogP contribution in [0.3, 0.4) is 0 Å². The second-order valence-corrected chi connectivity index (χ2v) is 8.74. The molecule has 0 aliphatic heterocycles. The number of carboxylic acid groups (broad SMARTS) is 1. The lowest BCUT2D eigenvalue weighted by molar-refractivity contribution is -0.136. The molecule has 0 unspecified atom stereocenters. The standard InChI is InChI=1S/C11H20O4Si/c1-6-14-8-10(7-11(12)13)9(2)15-16(3,4)5/h8H,2,6-7H2,1,3-5H3,(H,12,13)/b10-8-. The van der Waals surface area contributed by atoms with Crippen LogP contribution < -0.4 is 0 Å². The van der Waals surface area contributed by atoms with E-state index >= 15 is 0 Å². The first-order chi connectivity index (χ1) is 7.26. The SMILES string of the molecule is C=C(O[Si](C)(C)C)/C(=C\OCC)CC(=O)O. The van der Waals surface area contributed by atoms with E-state index in [-0.39, 0.29) is 6.42 Å². The summed E-state index contributed by atoms with van der Waals surface area (Å²) in [7, 11) is -1.76. The minimum atomic E-state index is -1.76. The molecule has 0 aromatic rings. The molecule has 16 heavy (non-hydrogen) atoms. The molecular formula is C11H20O4Si. The van der Waals surface area contributed by atoms with Gasteiger partial charge >= 0.3 is 5.97 Å². The summed E-state index contributed by atoms with van der Waals surface area (Å²) in [5.41, 5.74) is 0.483. The predicted octanol–water partition coefficient (Wildman–Crippen LogP) is 2.75. The van der Waals surface area contributed by atoms with Gasteiger partial charge in [0, 0.05) is 5.57 Å². The molecule has 0 atom stereocenters. The normalized spacial score (nSPS) is 12.1. The van der Waals surface area contributed by atoms with Gasteiger partial charge in [-0.05, 0) is 26.6 Å². The molecule has 0 radical (unpaired) electrons. The molecular weight excluding hydrogens is 224 g/mol. The summed E-state index contributed by atoms with van der Waals surface area (Å²) in [6, 6.07) is 0. The van der Waals surface area contributed by atoms with Gasteiger partial charge in [-0.15, -0.1) is 0 Å². The predicted molar refractivity (Wildman–Crippen MR) is 65.5 cm³/mol. The third-order valence-electron chi connectivity index (χ3n) is 1.52. The smallest absolute Gasteiger partial charge is 0.308 e. The van der Waals surface area contributed by atoms with Crippen molar-refractivity contribution >= 4 is 14.3 Å². The average Bonchev–Trinajstić information content (AvgIpc) is 2.08. The molecule has 0 saturated heterocycles. The van der Waals surface area contributed by atoms with Gasteiger partial charge in [0.2, 0.25) is 8.32 Å². The van der Waals surface area contributed by atoms with Gasteiger partial charge in [0.25, 0.3) is 0 Å². The van der Waals surface area contributed by atoms with Crippen molar-refractivity contribution in [2.45, 2.75) is 33.0 Å². The summed E-state index contributed by atoms with van der Waals surface area (Å²) >= 11 is 0. The van der Waals surface area contributed by atoms with Crippen molar-refractivity contribution in [1.29, 1.82) is 0 Å². The summed E-state index contributed by atoms with van der Waals surface area (Å²) < 4.78 is 10.7. The molecule has 0 fully saturated rings. The molecule has 0 rings (SSSR count). The van der Waals surface area contributed by atoms with Gasteiger partial charge in [0.1, 0.15) is 5.76 Å². The number of allylic oxidation sites excluding steroid dienone is 1. The summed E-state index contributed by atoms with van der Waals surface area (Å²) in [5.74, 6) is -0.527. The summed E-state index contributed by atoms with van der Waals surface area (Å²) in [5, 5.41) is 8.75. The third kappa shape index (κ3) is 7.11. The number of carbonyl (C=O) groups is 1. The molecule has 0 bridgehead atoms. The molecule has 0 amide bonds. The molecule has 0 saturated carbocycles. The van der Waals surface area contributed by atoms with E-state index in [1.165, 1.54) is 6.26 Å². The third-order valence-corrected chi connectivity index (χ3v) is 2.38. The number of rotatable bonds is 7. The fourth-order valence-corrected chi connectivity index (χ4v) is 1.86. The van der Waals surface area contributed by atoms with Gasteiger partial charge < -0.3 is 14.3 Å². The highest BCUT2D eigenvalue weighted by Crippen LogP contribution is 2.19. The van der Waals surface area contributed by atoms with Gasteiger partial charge in [-0.3, -0.25) is 4.79 Å². The lowest BCUT2D eigenvalue weighted by Crippen LogP contribution is -2.25. The Morgan fingerprint density at radius 1 is 1.44 bits per heavy atom. The molecule has 0 aromatic carbocycles. The van der Waals surface area contributed by atoms with Crippen LogP contribution in [0.15, 0.2) is 24.2 Å². The van der Waals surface area contributed by atoms with Crippen LogP contribution >= 0.6 is 0 Å². The highest BCUT2D eigenvalue weighted by molar-refractivity contribution is 6.70. The quantitative estimate of drug-likeness (QED) is 0.425. The topological polar surface area (TPSA) is 55.8 Å². The van der Waals surface area contributed by atoms with Gasteiger partial charge in [-0.2, -0.15) is 0 Å². The number of carboxylic acids is 1. The number of aliphatic carboxylic acids is 1. The maximum Gasteiger partial charge on any atom is 0.308 e. The molecule has 0 heterocycles. The van der Waals surface area contributed by atoms with E-state index in [9.17, 15) is 4.79 Å². The summed E-state index contributed by atoms with van der Waals surface area (Å²) in [4.78, 5) is 10.7. The van der Waals surface area contributed by atoms with E-state index in [0.29, 0.717) is 17.9 Å². The van der Waals surface area contributed by atoms with Crippen LogP contribution in [-0.2, 0) is 14.0 Å². The van der Waals surface area contributed by atoms with Crippen molar-refractivity contribution in [3.8, 4) is 0 Å². The summed E-state index contributed by atoms with van der Waals surface area (Å²) in [6.07, 6.45) is 1.28. The molecule has 0 aliphatic rings. The zero-order valence-corrected chi connectivity index (χ0v) is 11.4. The number of ether oxygens (including phenoxy) is 1. The van der Waals surface area contributed by atoms with Crippen LogP contribution in [0.4, 0.5) is 0 Å². The Labute approximate surface area is 97.7 Å². The van der Waals surface area contributed by atoms with E-state index in [2.05, 4.69) is 6.58 Å². The van der Waals surface area contributed by atoms with Crippen molar-refractivity contribution in [2.24, 2.45) is 0 Å². The second-order valence-electron chi connectivity index (χ2n) is 4.31. The van der Waals surface area contributed by atoms with Crippen LogP contribution in [0.25, 0.3) is 0 Å². The van der Waals surface area contributed by atoms with Gasteiger partial charge in [-0.1, -0.05) is 6.58 Å². The lowest BCUT2D eigenvalue weighted by Gasteiger charge is -2.22. The molecule has 4 nitrogen and oxygen atoms in total.